The van der Waals surface area contributed by atoms with Crippen molar-refractivity contribution in [3.05, 3.63) is 58.2 Å². The highest BCUT2D eigenvalue weighted by Crippen LogP contribution is 2.25. The fourth-order valence-corrected chi connectivity index (χ4v) is 3.38. The van der Waals surface area contributed by atoms with E-state index >= 15 is 0 Å². The number of piperazine rings is 1. The normalized spacial score (nSPS) is 14.6. The van der Waals surface area contributed by atoms with Crippen molar-refractivity contribution >= 4 is 27.8 Å². The highest BCUT2D eigenvalue weighted by Gasteiger charge is 2.24. The second-order valence-corrected chi connectivity index (χ2v) is 6.69. The molecule has 0 spiro atoms. The van der Waals surface area contributed by atoms with Crippen LogP contribution < -0.4 is 4.90 Å². The van der Waals surface area contributed by atoms with E-state index in [9.17, 15) is 4.79 Å². The second-order valence-electron chi connectivity index (χ2n) is 5.83. The van der Waals surface area contributed by atoms with E-state index in [0.717, 1.165) is 34.5 Å². The molecular weight excluding hydrogens is 370 g/mol. The highest BCUT2D eigenvalue weighted by molar-refractivity contribution is 9.10. The number of aryl methyl sites for hydroxylation is 1. The van der Waals surface area contributed by atoms with Crippen LogP contribution in [-0.4, -0.2) is 42.2 Å². The van der Waals surface area contributed by atoms with E-state index in [1.807, 2.05) is 43.5 Å². The molecule has 0 bridgehead atoms. The van der Waals surface area contributed by atoms with Gasteiger partial charge in [0.2, 0.25) is 0 Å². The first kappa shape index (κ1) is 16.8. The third-order valence-corrected chi connectivity index (χ3v) is 4.58. The molecule has 0 radical (unpaired) electrons. The average Bonchev–Trinajstić information content (AvgIpc) is 2.61. The van der Waals surface area contributed by atoms with Crippen LogP contribution in [0.2, 0.25) is 0 Å². The molecule has 1 saturated heterocycles. The van der Waals surface area contributed by atoms with Crippen molar-refractivity contribution < 1.29 is 9.53 Å². The number of nitrogens with zero attached hydrogens (tertiary/aromatic N) is 3. The molecule has 0 aliphatic carbocycles. The Bertz CT molecular complexity index is 701. The van der Waals surface area contributed by atoms with Gasteiger partial charge in [0.25, 0.3) is 0 Å². The number of anilines is 1. The Morgan fingerprint density at radius 1 is 1.21 bits per heavy atom. The predicted molar refractivity (Wildman–Crippen MR) is 97.1 cm³/mol. The van der Waals surface area contributed by atoms with Crippen LogP contribution >= 0.6 is 15.9 Å². The minimum absolute atomic E-state index is 0.255. The summed E-state index contributed by atoms with van der Waals surface area (Å²) in [6.07, 6.45) is 1.61. The fraction of sp³-hybridized carbons (Fsp3) is 0.333. The Morgan fingerprint density at radius 3 is 2.58 bits per heavy atom. The van der Waals surface area contributed by atoms with Crippen molar-refractivity contribution in [3.8, 4) is 0 Å². The summed E-state index contributed by atoms with van der Waals surface area (Å²) < 4.78 is 6.38. The van der Waals surface area contributed by atoms with Crippen molar-refractivity contribution in [2.24, 2.45) is 0 Å². The zero-order chi connectivity index (χ0) is 16.9. The molecule has 0 saturated carbocycles. The van der Waals surface area contributed by atoms with Crippen LogP contribution in [0.3, 0.4) is 0 Å². The van der Waals surface area contributed by atoms with Gasteiger partial charge in [-0.15, -0.1) is 0 Å². The number of hydrogen-bond donors (Lipinski definition) is 0. The summed E-state index contributed by atoms with van der Waals surface area (Å²) in [5.74, 6) is 0.929. The molecule has 0 unspecified atom stereocenters. The number of benzene rings is 1. The predicted octanol–water partition coefficient (Wildman–Crippen LogP) is 3.61. The lowest BCUT2D eigenvalue weighted by Crippen LogP contribution is -2.49. The van der Waals surface area contributed by atoms with Gasteiger partial charge in [-0.1, -0.05) is 30.3 Å². The molecule has 126 valence electrons. The van der Waals surface area contributed by atoms with Gasteiger partial charge < -0.3 is 14.5 Å². The molecule has 1 fully saturated rings. The first-order chi connectivity index (χ1) is 11.6. The third-order valence-electron chi connectivity index (χ3n) is 4.00. The summed E-state index contributed by atoms with van der Waals surface area (Å²) in [6.45, 7) is 5.09. The van der Waals surface area contributed by atoms with Crippen molar-refractivity contribution in [3.63, 3.8) is 0 Å². The first-order valence-electron chi connectivity index (χ1n) is 7.96. The Labute approximate surface area is 150 Å². The summed E-state index contributed by atoms with van der Waals surface area (Å²) in [7, 11) is 0. The molecule has 3 rings (SSSR count). The molecule has 0 N–H and O–H groups in total. The van der Waals surface area contributed by atoms with Crippen LogP contribution in [-0.2, 0) is 11.3 Å². The zero-order valence-electron chi connectivity index (χ0n) is 13.6. The molecule has 2 heterocycles. The molecule has 6 heteroatoms. The maximum absolute atomic E-state index is 12.2. The van der Waals surface area contributed by atoms with Crippen molar-refractivity contribution in [1.82, 2.24) is 9.88 Å². The van der Waals surface area contributed by atoms with Crippen LogP contribution in [0.15, 0.2) is 47.1 Å². The minimum atomic E-state index is -0.255. The topological polar surface area (TPSA) is 45.7 Å². The molecular formula is C18H20BrN3O2. The van der Waals surface area contributed by atoms with Crippen LogP contribution in [0.25, 0.3) is 0 Å². The standard InChI is InChI=1S/C18H20BrN3O2/c1-14-11-16(19)17(20-12-14)21-7-9-22(10-8-21)18(23)24-13-15-5-3-2-4-6-15/h2-6,11-12H,7-10,13H2,1H3. The van der Waals surface area contributed by atoms with Crippen LogP contribution in [0, 0.1) is 6.92 Å². The number of aromatic nitrogens is 1. The largest absolute Gasteiger partial charge is 0.445 e. The van der Waals surface area contributed by atoms with Gasteiger partial charge in [-0.25, -0.2) is 9.78 Å². The number of ether oxygens (including phenoxy) is 1. The van der Waals surface area contributed by atoms with Crippen molar-refractivity contribution in [2.45, 2.75) is 13.5 Å². The Balaban J connectivity index is 1.52. The molecule has 5 nitrogen and oxygen atoms in total. The molecule has 1 aliphatic rings. The van der Waals surface area contributed by atoms with Gasteiger partial charge >= 0.3 is 6.09 Å². The molecule has 2 aromatic rings. The number of rotatable bonds is 3. The summed E-state index contributed by atoms with van der Waals surface area (Å²) in [6, 6.07) is 11.8. The summed E-state index contributed by atoms with van der Waals surface area (Å²) >= 11 is 3.57. The Kier molecular flexibility index (Phi) is 5.35. The molecule has 0 atom stereocenters. The highest BCUT2D eigenvalue weighted by atomic mass is 79.9. The van der Waals surface area contributed by atoms with E-state index in [-0.39, 0.29) is 6.09 Å². The van der Waals surface area contributed by atoms with Crippen LogP contribution in [0.1, 0.15) is 11.1 Å². The SMILES string of the molecule is Cc1cnc(N2CCN(C(=O)OCc3ccccc3)CC2)c(Br)c1. The van der Waals surface area contributed by atoms with Gasteiger partial charge in [0.1, 0.15) is 12.4 Å². The summed E-state index contributed by atoms with van der Waals surface area (Å²) in [5, 5.41) is 0. The monoisotopic (exact) mass is 389 g/mol. The maximum atomic E-state index is 12.2. The van der Waals surface area contributed by atoms with E-state index in [4.69, 9.17) is 4.74 Å². The van der Waals surface area contributed by atoms with E-state index in [1.54, 1.807) is 4.90 Å². The lowest BCUT2D eigenvalue weighted by atomic mass is 10.2. The Morgan fingerprint density at radius 2 is 1.92 bits per heavy atom. The van der Waals surface area contributed by atoms with E-state index in [2.05, 4.69) is 31.9 Å². The lowest BCUT2D eigenvalue weighted by molar-refractivity contribution is 0.0941. The molecule has 1 aliphatic heterocycles. The first-order valence-corrected chi connectivity index (χ1v) is 8.75. The number of amides is 1. The van der Waals surface area contributed by atoms with E-state index in [0.29, 0.717) is 19.7 Å². The zero-order valence-corrected chi connectivity index (χ0v) is 15.2. The quantitative estimate of drug-likeness (QED) is 0.804. The lowest BCUT2D eigenvalue weighted by Gasteiger charge is -2.35. The number of hydrogen-bond acceptors (Lipinski definition) is 4. The maximum Gasteiger partial charge on any atom is 0.410 e. The number of carbonyl (C=O) groups excluding carboxylic acids is 1. The van der Waals surface area contributed by atoms with Gasteiger partial charge in [-0.2, -0.15) is 0 Å². The summed E-state index contributed by atoms with van der Waals surface area (Å²) in [5.41, 5.74) is 2.12. The minimum Gasteiger partial charge on any atom is -0.445 e. The molecule has 1 amide bonds. The van der Waals surface area contributed by atoms with E-state index in [1.165, 1.54) is 0 Å². The van der Waals surface area contributed by atoms with Gasteiger partial charge in [0.05, 0.1) is 4.47 Å². The third kappa shape index (κ3) is 4.06. The molecule has 1 aromatic heterocycles. The van der Waals surface area contributed by atoms with E-state index < -0.39 is 0 Å². The number of halogens is 1. The molecule has 24 heavy (non-hydrogen) atoms. The number of carbonyl (C=O) groups is 1. The number of pyridine rings is 1. The van der Waals surface area contributed by atoms with Gasteiger partial charge in [0, 0.05) is 32.4 Å². The van der Waals surface area contributed by atoms with Gasteiger partial charge in [-0.05, 0) is 40.0 Å². The summed E-state index contributed by atoms with van der Waals surface area (Å²) in [4.78, 5) is 20.6. The van der Waals surface area contributed by atoms with Crippen LogP contribution in [0.4, 0.5) is 10.6 Å². The van der Waals surface area contributed by atoms with Gasteiger partial charge in [0.15, 0.2) is 0 Å². The van der Waals surface area contributed by atoms with Gasteiger partial charge in [-0.3, -0.25) is 0 Å². The fourth-order valence-electron chi connectivity index (χ4n) is 2.67. The van der Waals surface area contributed by atoms with Crippen molar-refractivity contribution in [2.75, 3.05) is 31.1 Å². The average molecular weight is 390 g/mol. The second kappa shape index (κ2) is 7.66. The smallest absolute Gasteiger partial charge is 0.410 e. The van der Waals surface area contributed by atoms with Crippen LogP contribution in [0.5, 0.6) is 0 Å². The van der Waals surface area contributed by atoms with Crippen molar-refractivity contribution in [1.29, 1.82) is 0 Å². The Hall–Kier alpha value is -2.08. The molecule has 1 aromatic carbocycles.